The number of hydrogen-bond donors (Lipinski definition) is 1. The Morgan fingerprint density at radius 1 is 1.31 bits per heavy atom. The second kappa shape index (κ2) is 7.20. The van der Waals surface area contributed by atoms with Gasteiger partial charge in [0.2, 0.25) is 11.8 Å². The topological polar surface area (TPSA) is 67.2 Å². The van der Waals surface area contributed by atoms with Gasteiger partial charge in [-0.2, -0.15) is 5.10 Å². The van der Waals surface area contributed by atoms with Gasteiger partial charge < -0.3 is 10.2 Å². The standard InChI is InChI=1S/C22H28N4O2S/c1-21(2,3)17-12-18(25(24-17)13-15-8-6-5-7-9-15)23-20(28)16-14-29-22(4)11-10-19(27)26(16)22/h5-9,12,16H,10-11,13-14H2,1-4H3,(H,23,28). The van der Waals surface area contributed by atoms with E-state index < -0.39 is 6.04 Å². The number of nitrogens with zero attached hydrogens (tertiary/aromatic N) is 3. The summed E-state index contributed by atoms with van der Waals surface area (Å²) in [7, 11) is 0. The van der Waals surface area contributed by atoms with Crippen molar-refractivity contribution in [3.05, 3.63) is 47.7 Å². The molecule has 2 atom stereocenters. The molecule has 6 nitrogen and oxygen atoms in total. The quantitative estimate of drug-likeness (QED) is 0.833. The number of thioether (sulfide) groups is 1. The summed E-state index contributed by atoms with van der Waals surface area (Å²) in [5.74, 6) is 1.25. The molecule has 1 aromatic heterocycles. The Balaban J connectivity index is 1.59. The minimum atomic E-state index is -0.432. The van der Waals surface area contributed by atoms with Gasteiger partial charge in [0, 0.05) is 23.7 Å². The number of carbonyl (C=O) groups is 2. The Bertz CT molecular complexity index is 934. The van der Waals surface area contributed by atoms with Gasteiger partial charge in [-0.1, -0.05) is 51.1 Å². The van der Waals surface area contributed by atoms with Crippen LogP contribution in [0.15, 0.2) is 36.4 Å². The lowest BCUT2D eigenvalue weighted by molar-refractivity contribution is -0.135. The molecule has 154 valence electrons. The number of amides is 2. The molecule has 4 rings (SSSR count). The van der Waals surface area contributed by atoms with E-state index in [4.69, 9.17) is 5.10 Å². The molecule has 0 aliphatic carbocycles. The third kappa shape index (κ3) is 3.80. The zero-order valence-electron chi connectivity index (χ0n) is 17.4. The van der Waals surface area contributed by atoms with Gasteiger partial charge in [-0.15, -0.1) is 11.8 Å². The van der Waals surface area contributed by atoms with E-state index in [1.807, 2.05) is 41.1 Å². The highest BCUT2D eigenvalue weighted by Crippen LogP contribution is 2.47. The molecule has 7 heteroatoms. The van der Waals surface area contributed by atoms with Crippen LogP contribution in [0.4, 0.5) is 5.82 Å². The molecule has 2 saturated heterocycles. The predicted molar refractivity (Wildman–Crippen MR) is 116 cm³/mol. The zero-order chi connectivity index (χ0) is 20.8. The van der Waals surface area contributed by atoms with Gasteiger partial charge in [0.05, 0.1) is 17.1 Å². The molecule has 0 bridgehead atoms. The molecule has 29 heavy (non-hydrogen) atoms. The Hall–Kier alpha value is -2.28. The monoisotopic (exact) mass is 412 g/mol. The number of nitrogens with one attached hydrogen (secondary N) is 1. The van der Waals surface area contributed by atoms with Crippen molar-refractivity contribution in [2.45, 2.75) is 63.4 Å². The van der Waals surface area contributed by atoms with E-state index in [2.05, 4.69) is 33.0 Å². The van der Waals surface area contributed by atoms with Gasteiger partial charge in [0.15, 0.2) is 0 Å². The molecule has 2 fully saturated rings. The number of carbonyl (C=O) groups excluding carboxylic acids is 2. The van der Waals surface area contributed by atoms with Crippen LogP contribution in [-0.2, 0) is 21.5 Å². The van der Waals surface area contributed by atoms with Crippen molar-refractivity contribution < 1.29 is 9.59 Å². The van der Waals surface area contributed by atoms with E-state index in [0.29, 0.717) is 24.5 Å². The summed E-state index contributed by atoms with van der Waals surface area (Å²) in [6.45, 7) is 8.96. The Morgan fingerprint density at radius 2 is 2.03 bits per heavy atom. The highest BCUT2D eigenvalue weighted by Gasteiger charge is 2.53. The summed E-state index contributed by atoms with van der Waals surface area (Å²) in [5, 5.41) is 7.84. The first-order chi connectivity index (χ1) is 13.7. The SMILES string of the molecule is CC(C)(C)c1cc(NC(=O)C2CSC3(C)CCC(=O)N23)n(Cc2ccccc2)n1. The molecule has 1 aromatic carbocycles. The molecule has 0 spiro atoms. The average Bonchev–Trinajstić information content (AvgIpc) is 3.30. The average molecular weight is 413 g/mol. The van der Waals surface area contributed by atoms with Crippen molar-refractivity contribution in [3.8, 4) is 0 Å². The molecule has 2 aliphatic rings. The summed E-state index contributed by atoms with van der Waals surface area (Å²) < 4.78 is 1.85. The van der Waals surface area contributed by atoms with Crippen LogP contribution in [0, 0.1) is 0 Å². The number of rotatable bonds is 4. The van der Waals surface area contributed by atoms with Crippen LogP contribution in [-0.4, -0.2) is 43.2 Å². The van der Waals surface area contributed by atoms with E-state index in [0.717, 1.165) is 17.7 Å². The van der Waals surface area contributed by atoms with Crippen LogP contribution in [0.1, 0.15) is 51.8 Å². The van der Waals surface area contributed by atoms with E-state index in [-0.39, 0.29) is 22.1 Å². The van der Waals surface area contributed by atoms with Crippen LogP contribution in [0.25, 0.3) is 0 Å². The number of benzene rings is 1. The lowest BCUT2D eigenvalue weighted by atomic mass is 9.92. The van der Waals surface area contributed by atoms with Gasteiger partial charge in [0.25, 0.3) is 0 Å². The summed E-state index contributed by atoms with van der Waals surface area (Å²) >= 11 is 1.70. The molecule has 3 heterocycles. The molecule has 2 amide bonds. The summed E-state index contributed by atoms with van der Waals surface area (Å²) in [6, 6.07) is 11.6. The first-order valence-corrected chi connectivity index (χ1v) is 11.1. The van der Waals surface area contributed by atoms with Crippen LogP contribution < -0.4 is 5.32 Å². The van der Waals surface area contributed by atoms with Gasteiger partial charge >= 0.3 is 0 Å². The molecular weight excluding hydrogens is 384 g/mol. The fourth-order valence-corrected chi connectivity index (χ4v) is 5.42. The molecule has 2 aliphatic heterocycles. The van der Waals surface area contributed by atoms with E-state index >= 15 is 0 Å². The van der Waals surface area contributed by atoms with Crippen LogP contribution in [0.3, 0.4) is 0 Å². The molecule has 0 saturated carbocycles. The molecule has 2 aromatic rings. The fraction of sp³-hybridized carbons (Fsp3) is 0.500. The fourth-order valence-electron chi connectivity index (χ4n) is 3.98. The van der Waals surface area contributed by atoms with Gasteiger partial charge in [0.1, 0.15) is 11.9 Å². The third-order valence-corrected chi connectivity index (χ3v) is 7.23. The largest absolute Gasteiger partial charge is 0.315 e. The minimum absolute atomic E-state index is 0.0748. The smallest absolute Gasteiger partial charge is 0.249 e. The number of anilines is 1. The number of aromatic nitrogens is 2. The van der Waals surface area contributed by atoms with E-state index in [1.54, 1.807) is 16.7 Å². The van der Waals surface area contributed by atoms with Crippen molar-refractivity contribution in [3.63, 3.8) is 0 Å². The second-order valence-electron chi connectivity index (χ2n) is 9.06. The van der Waals surface area contributed by atoms with E-state index in [1.165, 1.54) is 0 Å². The van der Waals surface area contributed by atoms with Gasteiger partial charge in [-0.25, -0.2) is 4.68 Å². The third-order valence-electron chi connectivity index (χ3n) is 5.72. The minimum Gasteiger partial charge on any atom is -0.315 e. The maximum absolute atomic E-state index is 13.1. The number of fused-ring (bicyclic) bond motifs is 1. The van der Waals surface area contributed by atoms with Crippen LogP contribution in [0.5, 0.6) is 0 Å². The van der Waals surface area contributed by atoms with Crippen molar-refractivity contribution in [1.82, 2.24) is 14.7 Å². The van der Waals surface area contributed by atoms with Gasteiger partial charge in [-0.3, -0.25) is 9.59 Å². The lowest BCUT2D eigenvalue weighted by Gasteiger charge is -2.29. The molecule has 0 radical (unpaired) electrons. The van der Waals surface area contributed by atoms with E-state index in [9.17, 15) is 9.59 Å². The van der Waals surface area contributed by atoms with Crippen LogP contribution in [0.2, 0.25) is 0 Å². The lowest BCUT2D eigenvalue weighted by Crippen LogP contribution is -2.48. The zero-order valence-corrected chi connectivity index (χ0v) is 18.3. The first kappa shape index (κ1) is 20.0. The second-order valence-corrected chi connectivity index (χ2v) is 10.6. The van der Waals surface area contributed by atoms with Crippen molar-refractivity contribution in [1.29, 1.82) is 0 Å². The Labute approximate surface area is 176 Å². The highest BCUT2D eigenvalue weighted by molar-refractivity contribution is 8.01. The summed E-state index contributed by atoms with van der Waals surface area (Å²) in [4.78, 5) is 27.1. The predicted octanol–water partition coefficient (Wildman–Crippen LogP) is 3.62. The number of hydrogen-bond acceptors (Lipinski definition) is 4. The molecular formula is C22H28N4O2S. The molecule has 2 unspecified atom stereocenters. The maximum Gasteiger partial charge on any atom is 0.249 e. The summed E-state index contributed by atoms with van der Waals surface area (Å²) in [5.41, 5.74) is 1.91. The van der Waals surface area contributed by atoms with Gasteiger partial charge in [-0.05, 0) is 18.9 Å². The Morgan fingerprint density at radius 3 is 2.72 bits per heavy atom. The maximum atomic E-state index is 13.1. The Kier molecular flexibility index (Phi) is 4.97. The van der Waals surface area contributed by atoms with Crippen molar-refractivity contribution in [2.75, 3.05) is 11.1 Å². The van der Waals surface area contributed by atoms with Crippen molar-refractivity contribution >= 4 is 29.4 Å². The normalized spacial score (nSPS) is 24.1. The van der Waals surface area contributed by atoms with Crippen molar-refractivity contribution in [2.24, 2.45) is 0 Å². The highest BCUT2D eigenvalue weighted by atomic mass is 32.2. The molecule has 1 N–H and O–H groups in total. The summed E-state index contributed by atoms with van der Waals surface area (Å²) in [6.07, 6.45) is 1.33. The van der Waals surface area contributed by atoms with Crippen LogP contribution >= 0.6 is 11.8 Å². The first-order valence-electron chi connectivity index (χ1n) is 10.1.